The Bertz CT molecular complexity index is 595. The van der Waals surface area contributed by atoms with Crippen LogP contribution in [0.5, 0.6) is 0 Å². The van der Waals surface area contributed by atoms with Crippen LogP contribution in [0.2, 0.25) is 0 Å². The molecule has 0 aliphatic carbocycles. The summed E-state index contributed by atoms with van der Waals surface area (Å²) in [6.07, 6.45) is 4.22. The van der Waals surface area contributed by atoms with Gasteiger partial charge in [-0.25, -0.2) is 8.78 Å². The average molecular weight is 298 g/mol. The number of nitrogens with zero attached hydrogens (tertiary/aromatic N) is 1. The first-order chi connectivity index (χ1) is 9.65. The van der Waals surface area contributed by atoms with Crippen molar-refractivity contribution in [3.63, 3.8) is 0 Å². The highest BCUT2D eigenvalue weighted by atomic mass is 32.2. The van der Waals surface area contributed by atoms with Gasteiger partial charge in [0.2, 0.25) is 0 Å². The molecule has 108 valence electrons. The van der Waals surface area contributed by atoms with Gasteiger partial charge in [0.25, 0.3) is 0 Å². The number of pyridine rings is 1. The summed E-state index contributed by atoms with van der Waals surface area (Å²) in [6.45, 7) is -0.0395. The van der Waals surface area contributed by atoms with Crippen LogP contribution >= 0.6 is 11.8 Å². The van der Waals surface area contributed by atoms with Crippen LogP contribution in [0, 0.1) is 11.6 Å². The zero-order chi connectivity index (χ0) is 14.5. The van der Waals surface area contributed by atoms with Gasteiger partial charge in [-0.1, -0.05) is 0 Å². The zero-order valence-electron chi connectivity index (χ0n) is 11.1. The second kappa shape index (κ2) is 6.85. The largest absolute Gasteiger partial charge is 0.394 e. The first kappa shape index (κ1) is 15.0. The molecule has 0 saturated carbocycles. The molecule has 0 aliphatic rings. The maximum atomic E-state index is 13.7. The summed E-state index contributed by atoms with van der Waals surface area (Å²) >= 11 is 1.68. The molecule has 1 aromatic heterocycles. The summed E-state index contributed by atoms with van der Waals surface area (Å²) in [5.41, 5.74) is 0.700. The third kappa shape index (κ3) is 3.37. The summed E-state index contributed by atoms with van der Waals surface area (Å²) in [5.74, 6) is -0.437. The molecule has 0 spiro atoms. The van der Waals surface area contributed by atoms with Crippen molar-refractivity contribution in [2.24, 2.45) is 0 Å². The first-order valence-corrected chi connectivity index (χ1v) is 7.65. The van der Waals surface area contributed by atoms with Gasteiger partial charge in [-0.2, -0.15) is 11.8 Å². The minimum atomic E-state index is -0.687. The highest BCUT2D eigenvalue weighted by Crippen LogP contribution is 2.25. The summed E-state index contributed by atoms with van der Waals surface area (Å²) in [5, 5.41) is 12.9. The van der Waals surface area contributed by atoms with Crippen LogP contribution in [0.4, 0.5) is 14.5 Å². The van der Waals surface area contributed by atoms with Crippen molar-refractivity contribution in [2.75, 3.05) is 23.9 Å². The topological polar surface area (TPSA) is 45.1 Å². The highest BCUT2D eigenvalue weighted by Gasteiger charge is 2.12. The normalized spacial score (nSPS) is 12.6. The molecule has 2 aromatic rings. The Labute approximate surface area is 120 Å². The maximum Gasteiger partial charge on any atom is 0.152 e. The fourth-order valence-corrected chi connectivity index (χ4v) is 2.51. The monoisotopic (exact) mass is 298 g/mol. The molecule has 1 unspecified atom stereocenters. The van der Waals surface area contributed by atoms with Gasteiger partial charge in [-0.15, -0.1) is 0 Å². The SMILES string of the molecule is CSCCC(CO)Nc1ccnc2c(F)cc(F)cc12. The van der Waals surface area contributed by atoms with Crippen molar-refractivity contribution < 1.29 is 13.9 Å². The molecule has 0 radical (unpaired) electrons. The van der Waals surface area contributed by atoms with Gasteiger partial charge in [0.15, 0.2) is 5.82 Å². The fourth-order valence-electron chi connectivity index (χ4n) is 1.99. The Morgan fingerprint density at radius 3 is 2.90 bits per heavy atom. The second-order valence-electron chi connectivity index (χ2n) is 4.45. The lowest BCUT2D eigenvalue weighted by Gasteiger charge is -2.18. The van der Waals surface area contributed by atoms with E-state index in [2.05, 4.69) is 10.3 Å². The first-order valence-electron chi connectivity index (χ1n) is 6.25. The number of hydrogen-bond donors (Lipinski definition) is 2. The molecule has 1 heterocycles. The number of aliphatic hydroxyl groups is 1. The molecule has 2 N–H and O–H groups in total. The number of aliphatic hydroxyl groups excluding tert-OH is 1. The number of rotatable bonds is 6. The van der Waals surface area contributed by atoms with E-state index in [-0.39, 0.29) is 18.2 Å². The number of aromatic nitrogens is 1. The van der Waals surface area contributed by atoms with E-state index in [0.29, 0.717) is 11.1 Å². The number of thioether (sulfide) groups is 1. The predicted molar refractivity (Wildman–Crippen MR) is 79.2 cm³/mol. The number of fused-ring (bicyclic) bond motifs is 1. The van der Waals surface area contributed by atoms with Crippen LogP contribution in [-0.4, -0.2) is 34.7 Å². The highest BCUT2D eigenvalue weighted by molar-refractivity contribution is 7.98. The molecular weight excluding hydrogens is 282 g/mol. The summed E-state index contributed by atoms with van der Waals surface area (Å²) in [7, 11) is 0. The van der Waals surface area contributed by atoms with Crippen LogP contribution in [-0.2, 0) is 0 Å². The molecule has 0 fully saturated rings. The molecule has 0 bridgehead atoms. The maximum absolute atomic E-state index is 13.7. The lowest BCUT2D eigenvalue weighted by atomic mass is 10.1. The molecule has 1 aromatic carbocycles. The Morgan fingerprint density at radius 2 is 2.20 bits per heavy atom. The van der Waals surface area contributed by atoms with Gasteiger partial charge < -0.3 is 10.4 Å². The number of anilines is 1. The van der Waals surface area contributed by atoms with Gasteiger partial charge in [0.1, 0.15) is 11.3 Å². The third-order valence-electron chi connectivity index (χ3n) is 3.01. The minimum absolute atomic E-state index is 0.0395. The number of halogens is 2. The molecule has 6 heteroatoms. The Hall–Kier alpha value is -1.40. The minimum Gasteiger partial charge on any atom is -0.394 e. The van der Waals surface area contributed by atoms with Crippen molar-refractivity contribution in [3.8, 4) is 0 Å². The molecular formula is C14H16F2N2OS. The van der Waals surface area contributed by atoms with Crippen LogP contribution in [0.3, 0.4) is 0 Å². The van der Waals surface area contributed by atoms with E-state index in [4.69, 9.17) is 0 Å². The molecule has 2 rings (SSSR count). The smallest absolute Gasteiger partial charge is 0.152 e. The predicted octanol–water partition coefficient (Wildman–Crippen LogP) is 3.04. The van der Waals surface area contributed by atoms with Crippen LogP contribution in [0.15, 0.2) is 24.4 Å². The summed E-state index contributed by atoms with van der Waals surface area (Å²) in [4.78, 5) is 3.93. The average Bonchev–Trinajstić information content (AvgIpc) is 2.44. The van der Waals surface area contributed by atoms with Gasteiger partial charge >= 0.3 is 0 Å². The van der Waals surface area contributed by atoms with E-state index in [0.717, 1.165) is 18.2 Å². The number of nitrogens with one attached hydrogen (secondary N) is 1. The van der Waals surface area contributed by atoms with E-state index in [9.17, 15) is 13.9 Å². The van der Waals surface area contributed by atoms with E-state index in [1.54, 1.807) is 17.8 Å². The quantitative estimate of drug-likeness (QED) is 0.860. The summed E-state index contributed by atoms with van der Waals surface area (Å²) in [6, 6.07) is 3.56. The molecule has 1 atom stereocenters. The van der Waals surface area contributed by atoms with Crippen molar-refractivity contribution in [2.45, 2.75) is 12.5 Å². The van der Waals surface area contributed by atoms with Crippen molar-refractivity contribution in [1.82, 2.24) is 4.98 Å². The lowest BCUT2D eigenvalue weighted by Crippen LogP contribution is -2.24. The molecule has 0 saturated heterocycles. The van der Waals surface area contributed by atoms with Crippen molar-refractivity contribution in [3.05, 3.63) is 36.0 Å². The van der Waals surface area contributed by atoms with Crippen molar-refractivity contribution >= 4 is 28.4 Å². The molecule has 0 amide bonds. The van der Waals surface area contributed by atoms with Crippen LogP contribution < -0.4 is 5.32 Å². The zero-order valence-corrected chi connectivity index (χ0v) is 11.9. The van der Waals surface area contributed by atoms with Crippen LogP contribution in [0.25, 0.3) is 10.9 Å². The Kier molecular flexibility index (Phi) is 5.14. The van der Waals surface area contributed by atoms with E-state index >= 15 is 0 Å². The van der Waals surface area contributed by atoms with Crippen LogP contribution in [0.1, 0.15) is 6.42 Å². The van der Waals surface area contributed by atoms with E-state index in [1.807, 2.05) is 6.26 Å². The molecule has 20 heavy (non-hydrogen) atoms. The van der Waals surface area contributed by atoms with Gasteiger partial charge in [0, 0.05) is 23.3 Å². The number of benzene rings is 1. The third-order valence-corrected chi connectivity index (χ3v) is 3.66. The Morgan fingerprint density at radius 1 is 1.40 bits per heavy atom. The summed E-state index contributed by atoms with van der Waals surface area (Å²) < 4.78 is 27.0. The number of hydrogen-bond acceptors (Lipinski definition) is 4. The second-order valence-corrected chi connectivity index (χ2v) is 5.43. The Balaban J connectivity index is 2.34. The lowest BCUT2D eigenvalue weighted by molar-refractivity contribution is 0.272. The molecule has 0 aliphatic heterocycles. The van der Waals surface area contributed by atoms with Gasteiger partial charge in [0.05, 0.1) is 12.6 Å². The van der Waals surface area contributed by atoms with E-state index < -0.39 is 11.6 Å². The molecule has 3 nitrogen and oxygen atoms in total. The fraction of sp³-hybridized carbons (Fsp3) is 0.357. The van der Waals surface area contributed by atoms with E-state index in [1.165, 1.54) is 12.3 Å². The van der Waals surface area contributed by atoms with Gasteiger partial charge in [-0.05, 0) is 30.6 Å². The van der Waals surface area contributed by atoms with Gasteiger partial charge in [-0.3, -0.25) is 4.98 Å². The standard InChI is InChI=1S/C14H16F2N2OS/c1-20-5-3-10(8-19)18-13-2-4-17-14-11(13)6-9(15)7-12(14)16/h2,4,6-7,10,19H,3,5,8H2,1H3,(H,17,18). The van der Waals surface area contributed by atoms with Crippen molar-refractivity contribution in [1.29, 1.82) is 0 Å².